The first kappa shape index (κ1) is 9.71. The van der Waals surface area contributed by atoms with E-state index in [9.17, 15) is 0 Å². The molecule has 0 unspecified atom stereocenters. The summed E-state index contributed by atoms with van der Waals surface area (Å²) in [7, 11) is 0. The highest BCUT2D eigenvalue weighted by molar-refractivity contribution is 7.14. The molecule has 3 nitrogen and oxygen atoms in total. The van der Waals surface area contributed by atoms with Gasteiger partial charge in [0.15, 0.2) is 0 Å². The maximum absolute atomic E-state index is 5.95. The molecule has 2 aromatic heterocycles. The predicted octanol–water partition coefficient (Wildman–Crippen LogP) is 3.09. The van der Waals surface area contributed by atoms with Crippen LogP contribution in [0.15, 0.2) is 17.8 Å². The summed E-state index contributed by atoms with van der Waals surface area (Å²) in [5.41, 5.74) is 6.14. The topological polar surface area (TPSA) is 51.8 Å². The van der Waals surface area contributed by atoms with Crippen LogP contribution in [-0.2, 0) is 0 Å². The molecule has 2 rings (SSSR count). The van der Waals surface area contributed by atoms with E-state index in [1.54, 1.807) is 6.07 Å². The summed E-state index contributed by atoms with van der Waals surface area (Å²) in [5, 5.41) is 2.83. The maximum atomic E-state index is 5.95. The van der Waals surface area contributed by atoms with Gasteiger partial charge < -0.3 is 5.73 Å². The van der Waals surface area contributed by atoms with E-state index in [1.165, 1.54) is 17.7 Å². The lowest BCUT2D eigenvalue weighted by Crippen LogP contribution is -1.94. The molecule has 0 amide bonds. The molecule has 0 saturated carbocycles. The van der Waals surface area contributed by atoms with Gasteiger partial charge in [-0.05, 0) is 11.4 Å². The SMILES string of the molecule is Nc1ncnc(-c2sccc2Cl)c1Cl. The van der Waals surface area contributed by atoms with Gasteiger partial charge in [0, 0.05) is 0 Å². The lowest BCUT2D eigenvalue weighted by atomic mass is 10.3. The molecular weight excluding hydrogens is 241 g/mol. The molecule has 2 N–H and O–H groups in total. The Labute approximate surface area is 94.5 Å². The Morgan fingerprint density at radius 3 is 2.71 bits per heavy atom. The van der Waals surface area contributed by atoms with Gasteiger partial charge in [-0.25, -0.2) is 9.97 Å². The van der Waals surface area contributed by atoms with Crippen molar-refractivity contribution in [1.29, 1.82) is 0 Å². The molecule has 0 bridgehead atoms. The van der Waals surface area contributed by atoms with Crippen molar-refractivity contribution in [2.75, 3.05) is 5.73 Å². The zero-order valence-electron chi connectivity index (χ0n) is 6.87. The highest BCUT2D eigenvalue weighted by atomic mass is 35.5. The highest BCUT2D eigenvalue weighted by Gasteiger charge is 2.12. The van der Waals surface area contributed by atoms with Gasteiger partial charge in [0.25, 0.3) is 0 Å². The van der Waals surface area contributed by atoms with Gasteiger partial charge in [-0.15, -0.1) is 11.3 Å². The van der Waals surface area contributed by atoms with E-state index in [0.717, 1.165) is 4.88 Å². The summed E-state index contributed by atoms with van der Waals surface area (Å²) in [6.45, 7) is 0. The van der Waals surface area contributed by atoms with Crippen LogP contribution in [0.1, 0.15) is 0 Å². The first-order valence-electron chi connectivity index (χ1n) is 3.69. The third-order valence-electron chi connectivity index (χ3n) is 1.65. The minimum absolute atomic E-state index is 0.265. The number of hydrogen-bond donors (Lipinski definition) is 1. The zero-order chi connectivity index (χ0) is 10.1. The summed E-state index contributed by atoms with van der Waals surface area (Å²) < 4.78 is 0. The first-order valence-corrected chi connectivity index (χ1v) is 5.33. The summed E-state index contributed by atoms with van der Waals surface area (Å²) in [6, 6.07) is 1.79. The average Bonchev–Trinajstić information content (AvgIpc) is 2.57. The van der Waals surface area contributed by atoms with Gasteiger partial charge >= 0.3 is 0 Å². The Morgan fingerprint density at radius 1 is 1.29 bits per heavy atom. The fourth-order valence-corrected chi connectivity index (χ4v) is 2.40. The molecule has 0 fully saturated rings. The van der Waals surface area contributed by atoms with Crippen LogP contribution in [0.3, 0.4) is 0 Å². The number of thiophene rings is 1. The quantitative estimate of drug-likeness (QED) is 0.841. The summed E-state index contributed by atoms with van der Waals surface area (Å²) in [6.07, 6.45) is 1.37. The van der Waals surface area contributed by atoms with Crippen molar-refractivity contribution in [2.24, 2.45) is 0 Å². The van der Waals surface area contributed by atoms with Crippen LogP contribution in [-0.4, -0.2) is 9.97 Å². The number of nitrogens with two attached hydrogens (primary N) is 1. The van der Waals surface area contributed by atoms with Crippen LogP contribution in [0.5, 0.6) is 0 Å². The Balaban J connectivity index is 2.63. The van der Waals surface area contributed by atoms with Gasteiger partial charge in [0.1, 0.15) is 22.9 Å². The van der Waals surface area contributed by atoms with E-state index >= 15 is 0 Å². The predicted molar refractivity (Wildman–Crippen MR) is 59.8 cm³/mol. The van der Waals surface area contributed by atoms with Crippen molar-refractivity contribution >= 4 is 40.4 Å². The lowest BCUT2D eigenvalue weighted by molar-refractivity contribution is 1.19. The second kappa shape index (κ2) is 3.73. The van der Waals surface area contributed by atoms with Gasteiger partial charge in [0.05, 0.1) is 9.90 Å². The Kier molecular flexibility index (Phi) is 2.58. The molecule has 0 spiro atoms. The Hall–Kier alpha value is -0.840. The van der Waals surface area contributed by atoms with Crippen molar-refractivity contribution in [1.82, 2.24) is 9.97 Å². The van der Waals surface area contributed by atoms with Crippen molar-refractivity contribution < 1.29 is 0 Å². The van der Waals surface area contributed by atoms with Crippen molar-refractivity contribution in [3.63, 3.8) is 0 Å². The van der Waals surface area contributed by atoms with Crippen LogP contribution in [0.2, 0.25) is 10.0 Å². The lowest BCUT2D eigenvalue weighted by Gasteiger charge is -2.02. The van der Waals surface area contributed by atoms with Gasteiger partial charge in [-0.2, -0.15) is 0 Å². The van der Waals surface area contributed by atoms with Crippen LogP contribution >= 0.6 is 34.5 Å². The molecule has 72 valence electrons. The third kappa shape index (κ3) is 1.56. The number of nitrogen functional groups attached to an aromatic ring is 1. The molecule has 0 aliphatic heterocycles. The number of halogens is 2. The van der Waals surface area contributed by atoms with Gasteiger partial charge in [-0.3, -0.25) is 0 Å². The van der Waals surface area contributed by atoms with Crippen LogP contribution < -0.4 is 5.73 Å². The summed E-state index contributed by atoms with van der Waals surface area (Å²) in [5.74, 6) is 0.265. The molecule has 0 aliphatic rings. The molecule has 2 heterocycles. The highest BCUT2D eigenvalue weighted by Crippen LogP contribution is 2.37. The number of rotatable bonds is 1. The second-order valence-corrected chi connectivity index (χ2v) is 4.22. The molecule has 0 aromatic carbocycles. The molecule has 2 aromatic rings. The zero-order valence-corrected chi connectivity index (χ0v) is 9.20. The summed E-state index contributed by atoms with van der Waals surface area (Å²) >= 11 is 13.4. The summed E-state index contributed by atoms with van der Waals surface area (Å²) in [4.78, 5) is 8.63. The second-order valence-electron chi connectivity index (χ2n) is 2.52. The maximum Gasteiger partial charge on any atom is 0.146 e. The largest absolute Gasteiger partial charge is 0.382 e. The minimum atomic E-state index is 0.265. The minimum Gasteiger partial charge on any atom is -0.382 e. The molecule has 14 heavy (non-hydrogen) atoms. The van der Waals surface area contributed by atoms with E-state index in [2.05, 4.69) is 9.97 Å². The average molecular weight is 246 g/mol. The fraction of sp³-hybridized carbons (Fsp3) is 0. The van der Waals surface area contributed by atoms with Crippen LogP contribution in [0.4, 0.5) is 5.82 Å². The van der Waals surface area contributed by atoms with Crippen LogP contribution in [0.25, 0.3) is 10.6 Å². The first-order chi connectivity index (χ1) is 6.70. The molecule has 0 atom stereocenters. The van der Waals surface area contributed by atoms with Gasteiger partial charge in [0.2, 0.25) is 0 Å². The normalized spacial score (nSPS) is 10.4. The van der Waals surface area contributed by atoms with E-state index in [1.807, 2.05) is 5.38 Å². The van der Waals surface area contributed by atoms with E-state index in [4.69, 9.17) is 28.9 Å². The van der Waals surface area contributed by atoms with Crippen molar-refractivity contribution in [2.45, 2.75) is 0 Å². The van der Waals surface area contributed by atoms with E-state index in [0.29, 0.717) is 15.7 Å². The van der Waals surface area contributed by atoms with Gasteiger partial charge in [-0.1, -0.05) is 23.2 Å². The monoisotopic (exact) mass is 245 g/mol. The van der Waals surface area contributed by atoms with E-state index < -0.39 is 0 Å². The molecule has 0 radical (unpaired) electrons. The smallest absolute Gasteiger partial charge is 0.146 e. The van der Waals surface area contributed by atoms with Crippen molar-refractivity contribution in [3.8, 4) is 10.6 Å². The third-order valence-corrected chi connectivity index (χ3v) is 3.37. The molecule has 0 saturated heterocycles. The Morgan fingerprint density at radius 2 is 2.07 bits per heavy atom. The fourth-order valence-electron chi connectivity index (χ4n) is 1.00. The number of aromatic nitrogens is 2. The molecule has 6 heteroatoms. The Bertz CT molecular complexity index is 469. The standard InChI is InChI=1S/C8H5Cl2N3S/c9-4-1-2-14-7(4)6-5(10)8(11)13-3-12-6/h1-3H,(H2,11,12,13). The number of anilines is 1. The molecular formula is C8H5Cl2N3S. The number of hydrogen-bond acceptors (Lipinski definition) is 4. The van der Waals surface area contributed by atoms with Crippen LogP contribution in [0, 0.1) is 0 Å². The van der Waals surface area contributed by atoms with Crippen molar-refractivity contribution in [3.05, 3.63) is 27.8 Å². The number of nitrogens with zero attached hydrogens (tertiary/aromatic N) is 2. The molecule has 0 aliphatic carbocycles. The van der Waals surface area contributed by atoms with E-state index in [-0.39, 0.29) is 5.82 Å².